The van der Waals surface area contributed by atoms with E-state index in [-0.39, 0.29) is 71.3 Å². The van der Waals surface area contributed by atoms with Crippen molar-refractivity contribution in [3.63, 3.8) is 0 Å². The van der Waals surface area contributed by atoms with Crippen molar-refractivity contribution >= 4 is 28.0 Å². The van der Waals surface area contributed by atoms with Crippen LogP contribution in [0.1, 0.15) is 154 Å². The number of allylic oxidation sites excluding steroid dienone is 2. The average molecular weight is 1210 g/mol. The van der Waals surface area contributed by atoms with Crippen LogP contribution in [0.3, 0.4) is 0 Å². The number of aromatic hydroxyl groups is 3. The molecule has 13 nitrogen and oxygen atoms in total. The average Bonchev–Trinajstić information content (AvgIpc) is 1.92. The van der Waals surface area contributed by atoms with Crippen LogP contribution in [0.4, 0.5) is 5.69 Å². The number of H-pyrrole nitrogens is 1. The minimum absolute atomic E-state index is 0.0276. The summed E-state index contributed by atoms with van der Waals surface area (Å²) in [5, 5.41) is 82.3. The molecule has 1 aromatic heterocycles. The number of ether oxygens (including phenoxy) is 1. The van der Waals surface area contributed by atoms with E-state index in [0.717, 1.165) is 114 Å². The first kappa shape index (κ1) is 63.2. The highest BCUT2D eigenvalue weighted by Crippen LogP contribution is 2.58. The standard InChI is InChI=1S/C76H92N4O9/c1-5-11-63-54-34-57(76(29-8-9-30-76)56-28-31-78-72(39-56)80-58-25-22-50-20-21-53(73(86)67(50)40-58)36-61(82)45-77-43-47(3)55-35-59(79-44-55)41-69(63)84)33-51-23-26-64(62-15-7-6-13-49(62)19-17-46(2)16-18-48-12-10-14-60(81)32-48)65-42-70(85)71(89-4)38-52(65)24-27-68(83)75(88)74(87)66(51)37-54/h6-7,10,12-15,20-22,25,28,32,35,38-40,42,44,46-47,51,54,57,61,63-64,66,69,75,77-82,84-86,88H,5,8-9,11,16-19,24,27,29-31,33-34,36-37,41,43,45H2,1-4H3/t46-,47+,51+,54-,57-,61-,63-,64+,66+,69-,75-/m1/s1. The Morgan fingerprint density at radius 2 is 1.62 bits per heavy atom. The zero-order valence-electron chi connectivity index (χ0n) is 52.4. The van der Waals surface area contributed by atoms with Crippen LogP contribution in [0.2, 0.25) is 0 Å². The number of anilines is 1. The van der Waals surface area contributed by atoms with Gasteiger partial charge in [-0.3, -0.25) is 9.59 Å². The highest BCUT2D eigenvalue weighted by molar-refractivity contribution is 6.06. The molecule has 13 heteroatoms. The number of aryl methyl sites for hydroxylation is 3. The molecule has 9 bridgehead atoms. The lowest BCUT2D eigenvalue weighted by atomic mass is 9.62. The van der Waals surface area contributed by atoms with E-state index in [1.807, 2.05) is 54.7 Å². The minimum Gasteiger partial charge on any atom is -0.508 e. The molecule has 10 N–H and O–H groups in total. The predicted molar refractivity (Wildman–Crippen MR) is 351 cm³/mol. The van der Waals surface area contributed by atoms with Gasteiger partial charge in [0.1, 0.15) is 17.3 Å². The number of aliphatic hydroxyl groups is 3. The number of aromatic amines is 1. The molecule has 6 aromatic rings. The summed E-state index contributed by atoms with van der Waals surface area (Å²) in [7, 11) is 1.50. The number of benzene rings is 5. The summed E-state index contributed by atoms with van der Waals surface area (Å²) >= 11 is 0. The second-order valence-corrected chi connectivity index (χ2v) is 26.8. The fourth-order valence-corrected chi connectivity index (χ4v) is 15.9. The SMILES string of the molecule is CCC[C@@H]1[C@@H]2C[C@@H](C[C@@H]3C#C[C@@H](c4ccccc4CC[C@H](C)CCc4cccc(O)c4)c4cc(O)c(OC)cc4CCC(=O)[C@@H](O)C(=O)[C@H]3C2)C2(CCCC2)C2=CCNC(=C2)Nc2ccc3ccc(c(O)c3c2)C[C@@H](O)CNC[C@H](C)c2c[nH]c(c2)C[C@H]1O. The molecule has 2 fully saturated rings. The fourth-order valence-electron chi connectivity index (χ4n) is 15.9. The van der Waals surface area contributed by atoms with Crippen LogP contribution < -0.4 is 20.7 Å². The third kappa shape index (κ3) is 14.3. The van der Waals surface area contributed by atoms with Crippen LogP contribution in [-0.2, 0) is 41.7 Å². The molecule has 0 saturated heterocycles. The number of aliphatic hydroxyl groups excluding tert-OH is 3. The Kier molecular flexibility index (Phi) is 20.1. The van der Waals surface area contributed by atoms with E-state index in [9.17, 15) is 35.4 Å². The molecule has 3 heterocycles. The number of carbonyl (C=O) groups is 2. The number of aromatic nitrogens is 1. The molecular formula is C76H92N4O9. The first-order chi connectivity index (χ1) is 43.1. The van der Waals surface area contributed by atoms with Crippen LogP contribution in [-0.4, -0.2) is 92.2 Å². The lowest BCUT2D eigenvalue weighted by Gasteiger charge is -2.43. The van der Waals surface area contributed by atoms with E-state index in [2.05, 4.69) is 96.0 Å². The summed E-state index contributed by atoms with van der Waals surface area (Å²) in [6, 6.07) is 31.4. The normalized spacial score (nSPS) is 26.3. The zero-order valence-corrected chi connectivity index (χ0v) is 52.4. The van der Waals surface area contributed by atoms with Crippen molar-refractivity contribution in [3.05, 3.63) is 171 Å². The van der Waals surface area contributed by atoms with Crippen LogP contribution >= 0.6 is 0 Å². The first-order valence-corrected chi connectivity index (χ1v) is 33.0. The van der Waals surface area contributed by atoms with E-state index in [4.69, 9.17) is 4.74 Å². The number of ketones is 2. The number of nitrogens with one attached hydrogen (secondary N) is 4. The number of Topliss-reactive ketones (excluding diaryl/α,β-unsaturated/α-hetero) is 2. The van der Waals surface area contributed by atoms with E-state index < -0.39 is 47.6 Å². The Morgan fingerprint density at radius 3 is 2.43 bits per heavy atom. The van der Waals surface area contributed by atoms with Crippen molar-refractivity contribution in [1.29, 1.82) is 0 Å². The molecule has 0 radical (unpaired) electrons. The Labute approximate surface area is 525 Å². The maximum atomic E-state index is 15.6. The Morgan fingerprint density at radius 1 is 0.809 bits per heavy atom. The molecule has 11 rings (SSSR count). The number of phenols is 3. The number of hydrogen-bond donors (Lipinski definition) is 10. The van der Waals surface area contributed by atoms with Gasteiger partial charge in [-0.05, 0) is 204 Å². The Bertz CT molecular complexity index is 3620. The van der Waals surface area contributed by atoms with E-state index >= 15 is 4.79 Å². The van der Waals surface area contributed by atoms with Crippen molar-refractivity contribution < 1.29 is 45.0 Å². The number of fused-ring (bicyclic) bond motifs is 11. The smallest absolute Gasteiger partial charge is 0.173 e. The molecule has 1 spiro atoms. The topological polar surface area (TPSA) is 217 Å². The first-order valence-electron chi connectivity index (χ1n) is 33.0. The largest absolute Gasteiger partial charge is 0.508 e. The molecular weight excluding hydrogens is 1110 g/mol. The van der Waals surface area contributed by atoms with Crippen molar-refractivity contribution in [3.8, 4) is 34.8 Å². The molecule has 0 unspecified atom stereocenters. The van der Waals surface area contributed by atoms with Crippen LogP contribution in [0.5, 0.6) is 23.0 Å². The lowest BCUT2D eigenvalue weighted by molar-refractivity contribution is -0.142. The second-order valence-electron chi connectivity index (χ2n) is 26.8. The predicted octanol–water partition coefficient (Wildman–Crippen LogP) is 12.4. The number of phenolic OH excluding ortho intramolecular Hbond substituents is 3. The summed E-state index contributed by atoms with van der Waals surface area (Å²) in [6.45, 7) is 8.07. The number of rotatable bonds is 10. The number of β-amino-alcohol motifs (C(OH)–C–C–N with tert-alkyl or cyclic N) is 1. The minimum atomic E-state index is -1.87. The number of methoxy groups -OCH3 is 1. The van der Waals surface area contributed by atoms with Gasteiger partial charge in [0, 0.05) is 73.7 Å². The highest BCUT2D eigenvalue weighted by atomic mass is 16.5. The van der Waals surface area contributed by atoms with E-state index in [1.165, 1.54) is 12.7 Å². The van der Waals surface area contributed by atoms with Gasteiger partial charge in [0.05, 0.1) is 25.2 Å². The quantitative estimate of drug-likeness (QED) is 0.0458. The maximum absolute atomic E-state index is 15.6. The lowest BCUT2D eigenvalue weighted by Crippen LogP contribution is -2.40. The van der Waals surface area contributed by atoms with Gasteiger partial charge in [-0.1, -0.05) is 113 Å². The second kappa shape index (κ2) is 28.2. The van der Waals surface area contributed by atoms with Gasteiger partial charge in [0.2, 0.25) is 0 Å². The molecule has 0 amide bonds. The van der Waals surface area contributed by atoms with Crippen LogP contribution in [0.15, 0.2) is 127 Å². The van der Waals surface area contributed by atoms with Crippen molar-refractivity contribution in [2.24, 2.45) is 40.9 Å². The molecule has 89 heavy (non-hydrogen) atoms. The molecule has 2 saturated carbocycles. The Hall–Kier alpha value is -7.34. The van der Waals surface area contributed by atoms with Crippen molar-refractivity contribution in [2.45, 2.75) is 160 Å². The van der Waals surface area contributed by atoms with Gasteiger partial charge in [-0.15, -0.1) is 0 Å². The van der Waals surface area contributed by atoms with Crippen molar-refractivity contribution in [1.82, 2.24) is 15.6 Å². The van der Waals surface area contributed by atoms with Gasteiger partial charge in [0.25, 0.3) is 0 Å². The number of carbonyl (C=O) groups excluding carboxylic acids is 2. The van der Waals surface area contributed by atoms with Gasteiger partial charge in [0.15, 0.2) is 29.2 Å². The number of hydrogen-bond acceptors (Lipinski definition) is 12. The molecule has 5 aromatic carbocycles. The van der Waals surface area contributed by atoms with E-state index in [0.29, 0.717) is 68.6 Å². The molecule has 3 aliphatic carbocycles. The van der Waals surface area contributed by atoms with Gasteiger partial charge in [-0.2, -0.15) is 0 Å². The summed E-state index contributed by atoms with van der Waals surface area (Å²) in [5.41, 5.74) is 9.02. The van der Waals surface area contributed by atoms with Crippen LogP contribution in [0, 0.1) is 52.8 Å². The monoisotopic (exact) mass is 1200 g/mol. The molecule has 2 aliphatic heterocycles. The zero-order chi connectivity index (χ0) is 62.3. The van der Waals surface area contributed by atoms with E-state index in [1.54, 1.807) is 18.2 Å². The van der Waals surface area contributed by atoms with Gasteiger partial charge in [-0.25, -0.2) is 0 Å². The van der Waals surface area contributed by atoms with Gasteiger partial charge >= 0.3 is 0 Å². The maximum Gasteiger partial charge on any atom is 0.173 e. The summed E-state index contributed by atoms with van der Waals surface area (Å²) in [4.78, 5) is 33.7. The fraction of sp³-hybridized carbons (Fsp3) is 0.474. The summed E-state index contributed by atoms with van der Waals surface area (Å²) in [6.07, 6.45) is 14.3. The third-order valence-electron chi connectivity index (χ3n) is 20.9. The summed E-state index contributed by atoms with van der Waals surface area (Å²) < 4.78 is 5.69. The molecule has 470 valence electrons. The summed E-state index contributed by atoms with van der Waals surface area (Å²) in [5.74, 6) is 6.11. The Balaban J connectivity index is 1.03. The highest BCUT2D eigenvalue weighted by Gasteiger charge is 2.51. The number of dihydropyridines is 1. The van der Waals surface area contributed by atoms with Gasteiger partial charge < -0.3 is 56.3 Å². The molecule has 11 atom stereocenters. The third-order valence-corrected chi connectivity index (χ3v) is 20.9. The van der Waals surface area contributed by atoms with Crippen LogP contribution in [0.25, 0.3) is 10.8 Å². The van der Waals surface area contributed by atoms with Crippen molar-refractivity contribution in [2.75, 3.05) is 32.1 Å². The molecule has 5 aliphatic rings.